The van der Waals surface area contributed by atoms with Crippen LogP contribution in [0.4, 0.5) is 4.79 Å². The maximum Gasteiger partial charge on any atom is 0.407 e. The monoisotopic (exact) mass is 435 g/mol. The predicted octanol–water partition coefficient (Wildman–Crippen LogP) is 6.13. The van der Waals surface area contributed by atoms with E-state index in [2.05, 4.69) is 29.6 Å². The number of phenolic OH excluding ortho intramolecular Hbond substituents is 1. The van der Waals surface area contributed by atoms with E-state index in [9.17, 15) is 9.90 Å². The van der Waals surface area contributed by atoms with Crippen LogP contribution >= 0.6 is 0 Å². The van der Waals surface area contributed by atoms with Gasteiger partial charge < -0.3 is 19.9 Å². The highest BCUT2D eigenvalue weighted by atomic mass is 16.5. The Morgan fingerprint density at radius 2 is 1.39 bits per heavy atom. The summed E-state index contributed by atoms with van der Waals surface area (Å²) in [5, 5.41) is 12.9. The number of hydrogen-bond acceptors (Lipinski definition) is 4. The summed E-state index contributed by atoms with van der Waals surface area (Å²) in [6.07, 6.45) is -0.502. The Bertz CT molecular complexity index is 1330. The molecule has 6 rings (SSSR count). The highest BCUT2D eigenvalue weighted by Gasteiger charge is 2.31. The number of hydrogen-bond donors (Lipinski definition) is 2. The molecule has 0 fully saturated rings. The molecule has 1 atom stereocenters. The Morgan fingerprint density at radius 1 is 0.788 bits per heavy atom. The third-order valence-corrected chi connectivity index (χ3v) is 6.36. The maximum absolute atomic E-state index is 13.0. The third kappa shape index (κ3) is 3.29. The second-order valence-corrected chi connectivity index (χ2v) is 8.26. The first kappa shape index (κ1) is 19.4. The van der Waals surface area contributed by atoms with E-state index in [1.807, 2.05) is 48.5 Å². The molecule has 1 aliphatic carbocycles. The third-order valence-electron chi connectivity index (χ3n) is 6.36. The first-order chi connectivity index (χ1) is 16.2. The SMILES string of the molecule is O=C(NC1c2ccccc2Oc2cc(O)ccc21)OCC1c2ccccc2-c2ccccc21. The molecule has 2 N–H and O–H groups in total. The number of carbonyl (C=O) groups is 1. The summed E-state index contributed by atoms with van der Waals surface area (Å²) >= 11 is 0. The van der Waals surface area contributed by atoms with Crippen molar-refractivity contribution in [2.75, 3.05) is 6.61 Å². The smallest absolute Gasteiger partial charge is 0.407 e. The van der Waals surface area contributed by atoms with Gasteiger partial charge in [-0.05, 0) is 40.5 Å². The second-order valence-electron chi connectivity index (χ2n) is 8.26. The minimum atomic E-state index is -0.502. The molecule has 5 nitrogen and oxygen atoms in total. The van der Waals surface area contributed by atoms with Crippen molar-refractivity contribution in [3.05, 3.63) is 113 Å². The van der Waals surface area contributed by atoms with Gasteiger partial charge in [0.15, 0.2) is 0 Å². The Hall–Kier alpha value is -4.25. The molecule has 33 heavy (non-hydrogen) atoms. The standard InChI is InChI=1S/C28H21NO4/c30-17-13-14-23-26(15-17)33-25-12-6-5-11-22(25)27(23)29-28(31)32-16-24-20-9-3-1-7-18(20)19-8-2-4-10-21(19)24/h1-15,24,27,30H,16H2,(H,29,31). The summed E-state index contributed by atoms with van der Waals surface area (Å²) in [6.45, 7) is 0.243. The zero-order chi connectivity index (χ0) is 22.4. The molecule has 4 aromatic rings. The fraction of sp³-hybridized carbons (Fsp3) is 0.107. The van der Waals surface area contributed by atoms with Crippen LogP contribution in [-0.2, 0) is 4.74 Å². The van der Waals surface area contributed by atoms with Crippen LogP contribution < -0.4 is 10.1 Å². The van der Waals surface area contributed by atoms with E-state index >= 15 is 0 Å². The number of carbonyl (C=O) groups excluding carboxylic acids is 1. The Labute approximate surface area is 191 Å². The Balaban J connectivity index is 1.25. The van der Waals surface area contributed by atoms with Gasteiger partial charge in [-0.1, -0.05) is 66.7 Å². The van der Waals surface area contributed by atoms with Crippen molar-refractivity contribution in [3.8, 4) is 28.4 Å². The van der Waals surface area contributed by atoms with Gasteiger partial charge in [-0.3, -0.25) is 0 Å². The molecule has 1 unspecified atom stereocenters. The highest BCUT2D eigenvalue weighted by Crippen LogP contribution is 2.45. The van der Waals surface area contributed by atoms with Crippen molar-refractivity contribution in [2.24, 2.45) is 0 Å². The van der Waals surface area contributed by atoms with Crippen LogP contribution in [0, 0.1) is 0 Å². The van der Waals surface area contributed by atoms with Crippen LogP contribution in [0.5, 0.6) is 17.2 Å². The molecule has 4 aromatic carbocycles. The zero-order valence-corrected chi connectivity index (χ0v) is 17.7. The molecule has 0 aromatic heterocycles. The van der Waals surface area contributed by atoms with Crippen LogP contribution in [0.1, 0.15) is 34.2 Å². The molecule has 0 saturated carbocycles. The van der Waals surface area contributed by atoms with Gasteiger partial charge in [0.05, 0.1) is 6.04 Å². The van der Waals surface area contributed by atoms with Crippen molar-refractivity contribution < 1.29 is 19.4 Å². The van der Waals surface area contributed by atoms with Crippen LogP contribution in [-0.4, -0.2) is 17.8 Å². The van der Waals surface area contributed by atoms with E-state index in [0.29, 0.717) is 11.5 Å². The van der Waals surface area contributed by atoms with Gasteiger partial charge in [0.2, 0.25) is 0 Å². The van der Waals surface area contributed by atoms with E-state index in [4.69, 9.17) is 9.47 Å². The lowest BCUT2D eigenvalue weighted by atomic mass is 9.94. The number of fused-ring (bicyclic) bond motifs is 5. The van der Waals surface area contributed by atoms with E-state index < -0.39 is 12.1 Å². The lowest BCUT2D eigenvalue weighted by molar-refractivity contribution is 0.140. The zero-order valence-electron chi connectivity index (χ0n) is 17.7. The molecule has 0 saturated heterocycles. The van der Waals surface area contributed by atoms with E-state index in [1.165, 1.54) is 22.3 Å². The summed E-state index contributed by atoms with van der Waals surface area (Å²) in [6, 6.07) is 28.5. The Kier molecular flexibility index (Phi) is 4.54. The summed E-state index contributed by atoms with van der Waals surface area (Å²) < 4.78 is 11.7. The topological polar surface area (TPSA) is 67.8 Å². The van der Waals surface area contributed by atoms with Crippen molar-refractivity contribution >= 4 is 6.09 Å². The van der Waals surface area contributed by atoms with Gasteiger partial charge in [-0.25, -0.2) is 4.79 Å². The molecule has 5 heteroatoms. The highest BCUT2D eigenvalue weighted by molar-refractivity contribution is 5.79. The molecular weight excluding hydrogens is 414 g/mol. The van der Waals surface area contributed by atoms with Crippen molar-refractivity contribution in [2.45, 2.75) is 12.0 Å². The van der Waals surface area contributed by atoms with E-state index in [1.54, 1.807) is 18.2 Å². The summed E-state index contributed by atoms with van der Waals surface area (Å²) in [7, 11) is 0. The average Bonchev–Trinajstić information content (AvgIpc) is 3.16. The lowest BCUT2D eigenvalue weighted by Crippen LogP contribution is -2.32. The minimum Gasteiger partial charge on any atom is -0.508 e. The molecule has 2 aliphatic rings. The normalized spacial score (nSPS) is 15.5. The average molecular weight is 435 g/mol. The second kappa shape index (κ2) is 7.71. The lowest BCUT2D eigenvalue weighted by Gasteiger charge is -2.28. The van der Waals surface area contributed by atoms with Gasteiger partial charge in [0.1, 0.15) is 23.9 Å². The van der Waals surface area contributed by atoms with Crippen molar-refractivity contribution in [1.29, 1.82) is 0 Å². The number of aromatic hydroxyl groups is 1. The number of alkyl carbamates (subject to hydrolysis) is 1. The van der Waals surface area contributed by atoms with Gasteiger partial charge in [0.25, 0.3) is 0 Å². The number of ether oxygens (including phenoxy) is 2. The largest absolute Gasteiger partial charge is 0.508 e. The van der Waals surface area contributed by atoms with Gasteiger partial charge in [-0.2, -0.15) is 0 Å². The number of phenols is 1. The van der Waals surface area contributed by atoms with Gasteiger partial charge in [-0.15, -0.1) is 0 Å². The predicted molar refractivity (Wildman–Crippen MR) is 125 cm³/mol. The fourth-order valence-electron chi connectivity index (χ4n) is 4.86. The van der Waals surface area contributed by atoms with Crippen LogP contribution in [0.25, 0.3) is 11.1 Å². The van der Waals surface area contributed by atoms with Crippen LogP contribution in [0.15, 0.2) is 91.0 Å². The quantitative estimate of drug-likeness (QED) is 0.406. The fourth-order valence-corrected chi connectivity index (χ4v) is 4.86. The summed E-state index contributed by atoms with van der Waals surface area (Å²) in [5.41, 5.74) is 6.32. The molecule has 0 bridgehead atoms. The molecule has 0 radical (unpaired) electrons. The van der Waals surface area contributed by atoms with Gasteiger partial charge >= 0.3 is 6.09 Å². The molecular formula is C28H21NO4. The molecule has 1 amide bonds. The molecule has 1 heterocycles. The number of nitrogens with one attached hydrogen (secondary N) is 1. The number of para-hydroxylation sites is 1. The van der Waals surface area contributed by atoms with E-state index in [-0.39, 0.29) is 18.3 Å². The molecule has 162 valence electrons. The summed E-state index contributed by atoms with van der Waals surface area (Å²) in [4.78, 5) is 13.0. The maximum atomic E-state index is 13.0. The first-order valence-electron chi connectivity index (χ1n) is 10.9. The number of amides is 1. The van der Waals surface area contributed by atoms with Crippen LogP contribution in [0.2, 0.25) is 0 Å². The number of rotatable bonds is 3. The summed E-state index contributed by atoms with van der Waals surface area (Å²) in [5.74, 6) is 1.25. The van der Waals surface area contributed by atoms with Crippen molar-refractivity contribution in [1.82, 2.24) is 5.32 Å². The molecule has 0 spiro atoms. The number of benzene rings is 4. The van der Waals surface area contributed by atoms with Crippen molar-refractivity contribution in [3.63, 3.8) is 0 Å². The first-order valence-corrected chi connectivity index (χ1v) is 10.9. The van der Waals surface area contributed by atoms with Gasteiger partial charge in [0, 0.05) is 23.1 Å². The van der Waals surface area contributed by atoms with Crippen LogP contribution in [0.3, 0.4) is 0 Å². The Morgan fingerprint density at radius 3 is 2.12 bits per heavy atom. The molecule has 1 aliphatic heterocycles. The minimum absolute atomic E-state index is 0.00522. The van der Waals surface area contributed by atoms with E-state index in [0.717, 1.165) is 11.1 Å².